The quantitative estimate of drug-likeness (QED) is 0.235. The summed E-state index contributed by atoms with van der Waals surface area (Å²) in [6, 6.07) is 10.4. The smallest absolute Gasteiger partial charge is 0.434 e. The second-order valence-electron chi connectivity index (χ2n) is 6.03. The van der Waals surface area contributed by atoms with Gasteiger partial charge in [0.1, 0.15) is 5.75 Å². The first kappa shape index (κ1) is 20.8. The van der Waals surface area contributed by atoms with E-state index in [1.54, 1.807) is 32.9 Å². The van der Waals surface area contributed by atoms with E-state index in [1.165, 1.54) is 30.3 Å². The molecule has 0 heterocycles. The fourth-order valence-electron chi connectivity index (χ4n) is 2.28. The topological polar surface area (TPSA) is 96.0 Å². The van der Waals surface area contributed by atoms with Crippen LogP contribution in [0.3, 0.4) is 0 Å². The van der Waals surface area contributed by atoms with Crippen molar-refractivity contribution in [1.82, 2.24) is 0 Å². The standard InChI is InChI=1S/C21H20O7/c1-4-26-21(25)27-17-11-6-5-9-15(17)18(23)16-10-7-8-14(12-22)19(16)28-20(24)13(2)3/h5-13H,4H2,1-3H3. The van der Waals surface area contributed by atoms with Crippen molar-refractivity contribution in [1.29, 1.82) is 0 Å². The number of carbonyl (C=O) groups excluding carboxylic acids is 4. The molecular formula is C21H20O7. The molecule has 0 aliphatic heterocycles. The summed E-state index contributed by atoms with van der Waals surface area (Å²) < 4.78 is 15.1. The van der Waals surface area contributed by atoms with E-state index < -0.39 is 23.8 Å². The lowest BCUT2D eigenvalue weighted by Gasteiger charge is -2.14. The third-order valence-corrected chi connectivity index (χ3v) is 3.68. The molecule has 146 valence electrons. The van der Waals surface area contributed by atoms with Crippen molar-refractivity contribution in [2.75, 3.05) is 6.61 Å². The molecule has 0 N–H and O–H groups in total. The van der Waals surface area contributed by atoms with Crippen LogP contribution in [0.4, 0.5) is 4.79 Å². The van der Waals surface area contributed by atoms with Crippen LogP contribution in [0.15, 0.2) is 42.5 Å². The van der Waals surface area contributed by atoms with Crippen molar-refractivity contribution in [2.45, 2.75) is 20.8 Å². The number of hydrogen-bond acceptors (Lipinski definition) is 7. The molecule has 0 aliphatic rings. The van der Waals surface area contributed by atoms with Crippen molar-refractivity contribution in [3.8, 4) is 11.5 Å². The molecule has 0 fully saturated rings. The van der Waals surface area contributed by atoms with Crippen LogP contribution in [0.1, 0.15) is 47.1 Å². The summed E-state index contributed by atoms with van der Waals surface area (Å²) in [5, 5.41) is 0. The molecule has 7 heteroatoms. The highest BCUT2D eigenvalue weighted by Crippen LogP contribution is 2.29. The predicted molar refractivity (Wildman–Crippen MR) is 99.8 cm³/mol. The summed E-state index contributed by atoms with van der Waals surface area (Å²) in [5.41, 5.74) is 0.114. The minimum atomic E-state index is -0.948. The number of hydrogen-bond donors (Lipinski definition) is 0. The number of aldehydes is 1. The number of ether oxygens (including phenoxy) is 3. The first-order chi connectivity index (χ1) is 13.4. The molecule has 0 aromatic heterocycles. The van der Waals surface area contributed by atoms with Gasteiger partial charge in [0.25, 0.3) is 0 Å². The van der Waals surface area contributed by atoms with Gasteiger partial charge >= 0.3 is 12.1 Å². The largest absolute Gasteiger partial charge is 0.513 e. The molecule has 0 atom stereocenters. The maximum absolute atomic E-state index is 13.1. The Morgan fingerprint density at radius 1 is 0.964 bits per heavy atom. The van der Waals surface area contributed by atoms with Gasteiger partial charge in [-0.15, -0.1) is 0 Å². The molecule has 7 nitrogen and oxygen atoms in total. The zero-order valence-corrected chi connectivity index (χ0v) is 15.8. The zero-order valence-electron chi connectivity index (χ0n) is 15.8. The van der Waals surface area contributed by atoms with Crippen LogP contribution >= 0.6 is 0 Å². The summed E-state index contributed by atoms with van der Waals surface area (Å²) in [6.45, 7) is 5.01. The first-order valence-corrected chi connectivity index (χ1v) is 8.67. The Morgan fingerprint density at radius 3 is 2.29 bits per heavy atom. The Bertz CT molecular complexity index is 899. The normalized spacial score (nSPS) is 10.3. The minimum absolute atomic E-state index is 0.00138. The summed E-state index contributed by atoms with van der Waals surface area (Å²) in [5.74, 6) is -1.76. The molecular weight excluding hydrogens is 364 g/mol. The highest BCUT2D eigenvalue weighted by molar-refractivity contribution is 6.13. The molecule has 2 aromatic rings. The summed E-state index contributed by atoms with van der Waals surface area (Å²) in [7, 11) is 0. The van der Waals surface area contributed by atoms with Gasteiger partial charge < -0.3 is 14.2 Å². The van der Waals surface area contributed by atoms with E-state index in [2.05, 4.69) is 0 Å². The maximum Gasteiger partial charge on any atom is 0.513 e. The van der Waals surface area contributed by atoms with Crippen molar-refractivity contribution < 1.29 is 33.4 Å². The van der Waals surface area contributed by atoms with Crippen LogP contribution in [-0.2, 0) is 9.53 Å². The van der Waals surface area contributed by atoms with Crippen molar-refractivity contribution in [3.63, 3.8) is 0 Å². The lowest BCUT2D eigenvalue weighted by atomic mass is 9.99. The first-order valence-electron chi connectivity index (χ1n) is 8.67. The van der Waals surface area contributed by atoms with E-state index in [9.17, 15) is 19.2 Å². The summed E-state index contributed by atoms with van der Waals surface area (Å²) in [4.78, 5) is 48.2. The molecule has 0 unspecified atom stereocenters. The molecule has 2 rings (SSSR count). The van der Waals surface area contributed by atoms with E-state index in [0.29, 0.717) is 6.29 Å². The molecule has 0 saturated heterocycles. The lowest BCUT2D eigenvalue weighted by Crippen LogP contribution is -2.18. The summed E-state index contributed by atoms with van der Waals surface area (Å²) in [6.07, 6.45) is -0.448. The average Bonchev–Trinajstić information content (AvgIpc) is 2.68. The van der Waals surface area contributed by atoms with Gasteiger partial charge in [0, 0.05) is 0 Å². The zero-order chi connectivity index (χ0) is 20.7. The Labute approximate surface area is 162 Å². The molecule has 0 bridgehead atoms. The van der Waals surface area contributed by atoms with Gasteiger partial charge in [-0.3, -0.25) is 14.4 Å². The van der Waals surface area contributed by atoms with Gasteiger partial charge in [-0.1, -0.05) is 32.0 Å². The molecule has 2 aromatic carbocycles. The number of esters is 1. The van der Waals surface area contributed by atoms with Crippen LogP contribution in [-0.4, -0.2) is 30.8 Å². The van der Waals surface area contributed by atoms with Gasteiger partial charge in [-0.25, -0.2) is 4.79 Å². The second-order valence-corrected chi connectivity index (χ2v) is 6.03. The third kappa shape index (κ3) is 4.82. The predicted octanol–water partition coefficient (Wildman–Crippen LogP) is 3.83. The van der Waals surface area contributed by atoms with Crippen LogP contribution in [0, 0.1) is 5.92 Å². The molecule has 0 saturated carbocycles. The van der Waals surface area contributed by atoms with Crippen molar-refractivity contribution >= 4 is 24.2 Å². The van der Waals surface area contributed by atoms with Gasteiger partial charge in [-0.05, 0) is 31.2 Å². The molecule has 28 heavy (non-hydrogen) atoms. The Balaban J connectivity index is 2.49. The molecule has 0 radical (unpaired) electrons. The number of benzene rings is 2. The third-order valence-electron chi connectivity index (χ3n) is 3.68. The number of rotatable bonds is 7. The molecule has 0 aliphatic carbocycles. The highest BCUT2D eigenvalue weighted by Gasteiger charge is 2.24. The lowest BCUT2D eigenvalue weighted by molar-refractivity contribution is -0.137. The van der Waals surface area contributed by atoms with Gasteiger partial charge in [0.05, 0.1) is 29.2 Å². The van der Waals surface area contributed by atoms with Gasteiger partial charge in [0.2, 0.25) is 5.78 Å². The molecule has 0 spiro atoms. The fraction of sp³-hybridized carbons (Fsp3) is 0.238. The Kier molecular flexibility index (Phi) is 7.03. The number of para-hydroxylation sites is 2. The van der Waals surface area contributed by atoms with Gasteiger partial charge in [0.15, 0.2) is 12.0 Å². The Morgan fingerprint density at radius 2 is 1.64 bits per heavy atom. The van der Waals surface area contributed by atoms with Crippen LogP contribution in [0.25, 0.3) is 0 Å². The van der Waals surface area contributed by atoms with Crippen molar-refractivity contribution in [3.05, 3.63) is 59.2 Å². The highest BCUT2D eigenvalue weighted by atomic mass is 16.7. The van der Waals surface area contributed by atoms with E-state index in [4.69, 9.17) is 14.2 Å². The van der Waals surface area contributed by atoms with Crippen molar-refractivity contribution in [2.24, 2.45) is 5.92 Å². The summed E-state index contributed by atoms with van der Waals surface area (Å²) >= 11 is 0. The van der Waals surface area contributed by atoms with Gasteiger partial charge in [-0.2, -0.15) is 0 Å². The van der Waals surface area contributed by atoms with E-state index >= 15 is 0 Å². The average molecular weight is 384 g/mol. The van der Waals surface area contributed by atoms with Crippen LogP contribution in [0.2, 0.25) is 0 Å². The fourth-order valence-corrected chi connectivity index (χ4v) is 2.28. The second kappa shape index (κ2) is 9.45. The van der Waals surface area contributed by atoms with Crippen LogP contribution < -0.4 is 9.47 Å². The van der Waals surface area contributed by atoms with Crippen LogP contribution in [0.5, 0.6) is 11.5 Å². The molecule has 0 amide bonds. The van der Waals surface area contributed by atoms with E-state index in [-0.39, 0.29) is 34.8 Å². The Hall–Kier alpha value is -3.48. The number of carbonyl (C=O) groups is 4. The number of ketones is 1. The maximum atomic E-state index is 13.1. The monoisotopic (exact) mass is 384 g/mol. The SMILES string of the molecule is CCOC(=O)Oc1ccccc1C(=O)c1cccc(C=O)c1OC(=O)C(C)C. The van der Waals surface area contributed by atoms with E-state index in [0.717, 1.165) is 0 Å². The minimum Gasteiger partial charge on any atom is -0.434 e. The van der Waals surface area contributed by atoms with E-state index in [1.807, 2.05) is 0 Å².